The van der Waals surface area contributed by atoms with Crippen LogP contribution in [0.1, 0.15) is 149 Å². The van der Waals surface area contributed by atoms with Crippen molar-refractivity contribution in [1.29, 1.82) is 0 Å². The van der Waals surface area contributed by atoms with E-state index in [0.717, 1.165) is 107 Å². The number of pyridine rings is 3. The summed E-state index contributed by atoms with van der Waals surface area (Å²) in [5.74, 6) is 1.59. The van der Waals surface area contributed by atoms with E-state index in [1.807, 2.05) is 6.20 Å². The lowest BCUT2D eigenvalue weighted by Crippen LogP contribution is -2.41. The Bertz CT molecular complexity index is 1750. The first-order valence-electron chi connectivity index (χ1n) is 22.9. The van der Waals surface area contributed by atoms with Crippen molar-refractivity contribution in [2.45, 2.75) is 128 Å². The minimum Gasteiger partial charge on any atom is -0.381 e. The fourth-order valence-electron chi connectivity index (χ4n) is 8.91. The van der Waals surface area contributed by atoms with Crippen LogP contribution in [0.3, 0.4) is 0 Å². The molecule has 0 aromatic carbocycles. The number of hydrogen-bond acceptors (Lipinski definition) is 11. The van der Waals surface area contributed by atoms with Crippen molar-refractivity contribution in [3.8, 4) is 0 Å². The molecule has 3 aliphatic heterocycles. The standard InChI is InChI=1S/C49H76N6O5/c1-36(2)44-12-10-41(31-50-44)48(16-25-57-26-17-48)59-29-22-53(7)20-21-54(8)33-40-30-46(38(5)6)51-32-43(40)49(18-27-58-28-19-49)60-35-55(9)34-47-42(39-14-23-56-24-15-39)11-13-45(52-47)37(3)4/h10-13,30-32,36-39H,14-29,33-35H2,1-9H3. The van der Waals surface area contributed by atoms with E-state index >= 15 is 0 Å². The van der Waals surface area contributed by atoms with Crippen molar-refractivity contribution in [3.05, 3.63) is 87.8 Å². The fraction of sp³-hybridized carbons (Fsp3) is 0.694. The third kappa shape index (κ3) is 12.2. The molecule has 0 aliphatic carbocycles. The Morgan fingerprint density at radius 3 is 1.87 bits per heavy atom. The smallest absolute Gasteiger partial charge is 0.101 e. The number of aromatic nitrogens is 3. The van der Waals surface area contributed by atoms with E-state index in [1.54, 1.807) is 0 Å². The van der Waals surface area contributed by atoms with Gasteiger partial charge in [0.25, 0.3) is 0 Å². The molecule has 3 aromatic rings. The zero-order chi connectivity index (χ0) is 42.7. The summed E-state index contributed by atoms with van der Waals surface area (Å²) in [6, 6.07) is 11.2. The maximum Gasteiger partial charge on any atom is 0.101 e. The van der Waals surface area contributed by atoms with E-state index in [9.17, 15) is 0 Å². The summed E-state index contributed by atoms with van der Waals surface area (Å²) in [4.78, 5) is 22.1. The normalized spacial score (nSPS) is 18.8. The van der Waals surface area contributed by atoms with Gasteiger partial charge < -0.3 is 33.5 Å². The molecule has 11 heteroatoms. The molecule has 0 unspecified atom stereocenters. The lowest BCUT2D eigenvalue weighted by Gasteiger charge is -2.40. The molecule has 60 heavy (non-hydrogen) atoms. The molecule has 0 radical (unpaired) electrons. The van der Waals surface area contributed by atoms with Crippen LogP contribution in [0.25, 0.3) is 0 Å². The summed E-state index contributed by atoms with van der Waals surface area (Å²) in [5, 5.41) is 0. The highest BCUT2D eigenvalue weighted by Crippen LogP contribution is 2.40. The molecule has 0 N–H and O–H groups in total. The third-order valence-electron chi connectivity index (χ3n) is 13.0. The fourth-order valence-corrected chi connectivity index (χ4v) is 8.91. The van der Waals surface area contributed by atoms with Gasteiger partial charge in [0.2, 0.25) is 0 Å². The molecule has 11 nitrogen and oxygen atoms in total. The van der Waals surface area contributed by atoms with Crippen molar-refractivity contribution in [1.82, 2.24) is 29.7 Å². The maximum absolute atomic E-state index is 7.13. The van der Waals surface area contributed by atoms with Crippen molar-refractivity contribution in [2.75, 3.05) is 93.8 Å². The largest absolute Gasteiger partial charge is 0.381 e. The Hall–Kier alpha value is -2.87. The Labute approximate surface area is 361 Å². The molecule has 6 rings (SSSR count). The monoisotopic (exact) mass is 829 g/mol. The molecule has 332 valence electrons. The van der Waals surface area contributed by atoms with Crippen molar-refractivity contribution in [3.63, 3.8) is 0 Å². The molecule has 0 spiro atoms. The highest BCUT2D eigenvalue weighted by atomic mass is 16.5. The predicted octanol–water partition coefficient (Wildman–Crippen LogP) is 8.33. The quantitative estimate of drug-likeness (QED) is 0.103. The predicted molar refractivity (Wildman–Crippen MR) is 238 cm³/mol. The molecule has 3 aliphatic rings. The minimum absolute atomic E-state index is 0.328. The number of ether oxygens (including phenoxy) is 5. The second-order valence-corrected chi connectivity index (χ2v) is 18.8. The van der Waals surface area contributed by atoms with E-state index in [0.29, 0.717) is 63.4 Å². The summed E-state index contributed by atoms with van der Waals surface area (Å²) in [6.45, 7) is 23.0. The number of rotatable bonds is 20. The summed E-state index contributed by atoms with van der Waals surface area (Å²) < 4.78 is 31.3. The summed E-state index contributed by atoms with van der Waals surface area (Å²) >= 11 is 0. The third-order valence-corrected chi connectivity index (χ3v) is 13.0. The van der Waals surface area contributed by atoms with Crippen LogP contribution >= 0.6 is 0 Å². The van der Waals surface area contributed by atoms with Crippen LogP contribution in [-0.4, -0.2) is 123 Å². The van der Waals surface area contributed by atoms with Gasteiger partial charge in [-0.25, -0.2) is 0 Å². The van der Waals surface area contributed by atoms with Gasteiger partial charge in [-0.1, -0.05) is 53.7 Å². The Kier molecular flexibility index (Phi) is 17.1. The van der Waals surface area contributed by atoms with Gasteiger partial charge in [0.1, 0.15) is 12.3 Å². The Morgan fingerprint density at radius 1 is 0.633 bits per heavy atom. The van der Waals surface area contributed by atoms with Crippen LogP contribution in [0.4, 0.5) is 0 Å². The van der Waals surface area contributed by atoms with Gasteiger partial charge >= 0.3 is 0 Å². The van der Waals surface area contributed by atoms with Gasteiger partial charge in [0, 0.05) is 139 Å². The van der Waals surface area contributed by atoms with Crippen molar-refractivity contribution >= 4 is 0 Å². The van der Waals surface area contributed by atoms with Crippen molar-refractivity contribution in [2.24, 2.45) is 0 Å². The molecule has 0 saturated carbocycles. The first-order chi connectivity index (χ1) is 28.9. The second-order valence-electron chi connectivity index (χ2n) is 18.8. The van der Waals surface area contributed by atoms with E-state index in [1.165, 1.54) is 22.4 Å². The lowest BCUT2D eigenvalue weighted by atomic mass is 9.83. The SMILES string of the molecule is CC(C)c1ccc(C2(OCCN(C)CCN(C)Cc3cc(C(C)C)ncc3C3(OCN(C)Cc4nc(C(C)C)ccc4C4CCOCC4)CCOCC3)CCOCC2)cn1. The molecular formula is C49H76N6O5. The van der Waals surface area contributed by atoms with Gasteiger partial charge in [0.15, 0.2) is 0 Å². The van der Waals surface area contributed by atoms with Gasteiger partial charge in [0.05, 0.1) is 17.9 Å². The average Bonchev–Trinajstić information content (AvgIpc) is 3.26. The zero-order valence-electron chi connectivity index (χ0n) is 38.5. The number of likely N-dealkylation sites (N-methyl/N-ethyl adjacent to an activating group) is 2. The van der Waals surface area contributed by atoms with Crippen LogP contribution in [0.2, 0.25) is 0 Å². The topological polar surface area (TPSA) is 94.5 Å². The van der Waals surface area contributed by atoms with Gasteiger partial charge in [-0.05, 0) is 87.0 Å². The Balaban J connectivity index is 1.10. The first-order valence-corrected chi connectivity index (χ1v) is 22.9. The molecule has 3 aromatic heterocycles. The molecular weight excluding hydrogens is 753 g/mol. The van der Waals surface area contributed by atoms with E-state index < -0.39 is 5.60 Å². The van der Waals surface area contributed by atoms with Crippen LogP contribution in [-0.2, 0) is 48.0 Å². The number of nitrogens with zero attached hydrogens (tertiary/aromatic N) is 6. The van der Waals surface area contributed by atoms with Gasteiger partial charge in [-0.2, -0.15) is 0 Å². The van der Waals surface area contributed by atoms with Crippen LogP contribution in [0, 0.1) is 0 Å². The lowest BCUT2D eigenvalue weighted by molar-refractivity contribution is -0.145. The molecule has 0 amide bonds. The van der Waals surface area contributed by atoms with Crippen LogP contribution in [0.5, 0.6) is 0 Å². The van der Waals surface area contributed by atoms with Crippen LogP contribution in [0.15, 0.2) is 42.7 Å². The van der Waals surface area contributed by atoms with Gasteiger partial charge in [-0.3, -0.25) is 19.9 Å². The van der Waals surface area contributed by atoms with E-state index in [4.69, 9.17) is 38.6 Å². The Morgan fingerprint density at radius 2 is 1.23 bits per heavy atom. The average molecular weight is 829 g/mol. The summed E-state index contributed by atoms with van der Waals surface area (Å²) in [7, 11) is 6.59. The molecule has 6 heterocycles. The maximum atomic E-state index is 7.13. The van der Waals surface area contributed by atoms with Crippen LogP contribution < -0.4 is 0 Å². The molecule has 3 fully saturated rings. The second kappa shape index (κ2) is 22.0. The van der Waals surface area contributed by atoms with Gasteiger partial charge in [-0.15, -0.1) is 0 Å². The number of hydrogen-bond donors (Lipinski definition) is 0. The summed E-state index contributed by atoms with van der Waals surface area (Å²) in [5.41, 5.74) is 8.72. The van der Waals surface area contributed by atoms with E-state index in [2.05, 4.69) is 114 Å². The summed E-state index contributed by atoms with van der Waals surface area (Å²) in [6.07, 6.45) is 9.52. The molecule has 0 atom stereocenters. The first kappa shape index (κ1) is 46.6. The minimum atomic E-state index is -0.485. The zero-order valence-corrected chi connectivity index (χ0v) is 38.5. The highest BCUT2D eigenvalue weighted by Gasteiger charge is 2.39. The molecule has 3 saturated heterocycles. The molecule has 0 bridgehead atoms. The highest BCUT2D eigenvalue weighted by molar-refractivity contribution is 5.34. The van der Waals surface area contributed by atoms with Crippen molar-refractivity contribution < 1.29 is 23.7 Å². The van der Waals surface area contributed by atoms with E-state index in [-0.39, 0.29) is 5.60 Å².